The molecule has 6 heteroatoms. The third-order valence-electron chi connectivity index (χ3n) is 3.14. The van der Waals surface area contributed by atoms with Gasteiger partial charge in [0.05, 0.1) is 21.1 Å². The van der Waals surface area contributed by atoms with E-state index in [1.165, 1.54) is 0 Å². The Morgan fingerprint density at radius 1 is 1.00 bits per heavy atom. The van der Waals surface area contributed by atoms with Crippen LogP contribution in [-0.2, 0) is 0 Å². The summed E-state index contributed by atoms with van der Waals surface area (Å²) in [6, 6.07) is 9.35. The molecule has 0 bridgehead atoms. The van der Waals surface area contributed by atoms with Crippen LogP contribution in [0, 0.1) is 11.7 Å². The van der Waals surface area contributed by atoms with Crippen LogP contribution in [0.25, 0.3) is 16.7 Å². The van der Waals surface area contributed by atoms with Crippen molar-refractivity contribution in [3.05, 3.63) is 55.7 Å². The van der Waals surface area contributed by atoms with Gasteiger partial charge in [0.2, 0.25) is 0 Å². The average molecular weight is 344 g/mol. The van der Waals surface area contributed by atoms with Crippen molar-refractivity contribution >= 4 is 58.1 Å². The van der Waals surface area contributed by atoms with Crippen molar-refractivity contribution in [3.8, 4) is 5.69 Å². The summed E-state index contributed by atoms with van der Waals surface area (Å²) in [5.74, 6) is 0. The molecule has 3 aromatic rings. The first-order valence-corrected chi connectivity index (χ1v) is 7.38. The fourth-order valence-electron chi connectivity index (χ4n) is 2.08. The van der Waals surface area contributed by atoms with Crippen LogP contribution in [0.5, 0.6) is 0 Å². The first-order valence-electron chi connectivity index (χ1n) is 5.83. The topological polar surface area (TPSA) is 20.7 Å². The fourth-order valence-corrected chi connectivity index (χ4v) is 2.89. The van der Waals surface area contributed by atoms with Crippen molar-refractivity contribution in [1.82, 2.24) is 9.55 Å². The highest BCUT2D eigenvalue weighted by molar-refractivity contribution is 7.71. The zero-order chi connectivity index (χ0) is 14.4. The lowest BCUT2D eigenvalue weighted by Gasteiger charge is -2.07. The van der Waals surface area contributed by atoms with Crippen LogP contribution < -0.4 is 0 Å². The van der Waals surface area contributed by atoms with E-state index >= 15 is 0 Å². The van der Waals surface area contributed by atoms with Gasteiger partial charge in [0.15, 0.2) is 4.77 Å². The van der Waals surface area contributed by atoms with Crippen molar-refractivity contribution in [3.63, 3.8) is 0 Å². The molecule has 0 spiro atoms. The Kier molecular flexibility index (Phi) is 3.55. The maximum atomic E-state index is 6.19. The zero-order valence-electron chi connectivity index (χ0n) is 10.4. The summed E-state index contributed by atoms with van der Waals surface area (Å²) < 4.78 is 2.45. The SMILES string of the molecule is Cc1ccc(-n2c(=S)[nH]c3cc(Cl)c(Cl)cc32)cc1Cl. The van der Waals surface area contributed by atoms with Crippen molar-refractivity contribution < 1.29 is 0 Å². The maximum Gasteiger partial charge on any atom is 0.182 e. The number of hydrogen-bond acceptors (Lipinski definition) is 1. The number of H-pyrrole nitrogens is 1. The van der Waals surface area contributed by atoms with E-state index < -0.39 is 0 Å². The summed E-state index contributed by atoms with van der Waals surface area (Å²) in [5.41, 5.74) is 3.60. The van der Waals surface area contributed by atoms with Gasteiger partial charge in [-0.15, -0.1) is 0 Å². The van der Waals surface area contributed by atoms with Crippen molar-refractivity contribution in [2.45, 2.75) is 6.92 Å². The monoisotopic (exact) mass is 342 g/mol. The summed E-state index contributed by atoms with van der Waals surface area (Å²) in [7, 11) is 0. The van der Waals surface area contributed by atoms with Crippen LogP contribution in [0.2, 0.25) is 15.1 Å². The van der Waals surface area contributed by atoms with Gasteiger partial charge in [0.1, 0.15) is 0 Å². The first-order chi connectivity index (χ1) is 9.47. The van der Waals surface area contributed by atoms with Gasteiger partial charge < -0.3 is 4.98 Å². The molecule has 2 aromatic carbocycles. The molecule has 3 rings (SSSR count). The first kappa shape index (κ1) is 14.0. The summed E-state index contributed by atoms with van der Waals surface area (Å²) in [5, 5.41) is 1.67. The highest BCUT2D eigenvalue weighted by Crippen LogP contribution is 2.30. The number of aromatic amines is 1. The predicted octanol–water partition coefficient (Wildman–Crippen LogP) is 5.96. The molecule has 0 saturated heterocycles. The quantitative estimate of drug-likeness (QED) is 0.541. The van der Waals surface area contributed by atoms with E-state index in [0.29, 0.717) is 19.8 Å². The van der Waals surface area contributed by atoms with Crippen molar-refractivity contribution in [1.29, 1.82) is 0 Å². The van der Waals surface area contributed by atoms with Gasteiger partial charge in [0, 0.05) is 10.7 Å². The molecule has 20 heavy (non-hydrogen) atoms. The number of aryl methyl sites for hydroxylation is 1. The van der Waals surface area contributed by atoms with Crippen molar-refractivity contribution in [2.75, 3.05) is 0 Å². The number of fused-ring (bicyclic) bond motifs is 1. The normalized spacial score (nSPS) is 11.2. The Bertz CT molecular complexity index is 880. The Balaban J connectivity index is 2.35. The van der Waals surface area contributed by atoms with Gasteiger partial charge >= 0.3 is 0 Å². The second-order valence-corrected chi connectivity index (χ2v) is 6.09. The molecule has 0 aliphatic carbocycles. The minimum atomic E-state index is 0.486. The van der Waals surface area contributed by atoms with Crippen LogP contribution in [0.15, 0.2) is 30.3 Å². The molecule has 0 radical (unpaired) electrons. The summed E-state index contributed by atoms with van der Waals surface area (Å²) in [6.07, 6.45) is 0. The molecular formula is C14H9Cl3N2S. The number of hydrogen-bond donors (Lipinski definition) is 1. The van der Waals surface area contributed by atoms with Gasteiger partial charge in [-0.1, -0.05) is 40.9 Å². The Morgan fingerprint density at radius 2 is 1.70 bits per heavy atom. The number of benzene rings is 2. The van der Waals surface area contributed by atoms with E-state index in [2.05, 4.69) is 4.98 Å². The molecule has 0 amide bonds. The molecule has 1 heterocycles. The summed E-state index contributed by atoms with van der Waals surface area (Å²) in [4.78, 5) is 3.12. The standard InChI is InChI=1S/C14H9Cl3N2S/c1-7-2-3-8(4-9(7)15)19-13-6-11(17)10(16)5-12(13)18-14(19)20/h2-6H,1H3,(H,18,20). The maximum absolute atomic E-state index is 6.19. The van der Waals surface area contributed by atoms with Crippen LogP contribution in [-0.4, -0.2) is 9.55 Å². The van der Waals surface area contributed by atoms with Crippen LogP contribution in [0.1, 0.15) is 5.56 Å². The van der Waals surface area contributed by atoms with E-state index in [4.69, 9.17) is 47.0 Å². The summed E-state index contributed by atoms with van der Waals surface area (Å²) >= 11 is 23.7. The molecule has 0 atom stereocenters. The third-order valence-corrected chi connectivity index (χ3v) is 4.55. The van der Waals surface area contributed by atoms with E-state index in [-0.39, 0.29) is 0 Å². The summed E-state index contributed by atoms with van der Waals surface area (Å²) in [6.45, 7) is 1.96. The van der Waals surface area contributed by atoms with E-state index in [1.807, 2.05) is 29.7 Å². The molecule has 2 nitrogen and oxygen atoms in total. The molecule has 1 N–H and O–H groups in total. The van der Waals surface area contributed by atoms with Gasteiger partial charge in [-0.2, -0.15) is 0 Å². The second kappa shape index (κ2) is 5.08. The molecule has 0 saturated carbocycles. The predicted molar refractivity (Wildman–Crippen MR) is 88.2 cm³/mol. The lowest BCUT2D eigenvalue weighted by atomic mass is 10.2. The second-order valence-electron chi connectivity index (χ2n) is 4.48. The number of nitrogens with zero attached hydrogens (tertiary/aromatic N) is 1. The number of aromatic nitrogens is 2. The smallest absolute Gasteiger partial charge is 0.182 e. The lowest BCUT2D eigenvalue weighted by molar-refractivity contribution is 1.06. The average Bonchev–Trinajstić information content (AvgIpc) is 2.69. The van der Waals surface area contributed by atoms with E-state index in [0.717, 1.165) is 22.3 Å². The minimum absolute atomic E-state index is 0.486. The molecule has 0 aliphatic rings. The molecule has 102 valence electrons. The fraction of sp³-hybridized carbons (Fsp3) is 0.0714. The van der Waals surface area contributed by atoms with Crippen LogP contribution in [0.4, 0.5) is 0 Å². The number of imidazole rings is 1. The minimum Gasteiger partial charge on any atom is -0.330 e. The number of nitrogens with one attached hydrogen (secondary N) is 1. The van der Waals surface area contributed by atoms with Gasteiger partial charge in [-0.3, -0.25) is 4.57 Å². The number of rotatable bonds is 1. The third kappa shape index (κ3) is 2.25. The Morgan fingerprint density at radius 3 is 2.40 bits per heavy atom. The molecule has 1 aromatic heterocycles. The molecule has 0 fully saturated rings. The lowest BCUT2D eigenvalue weighted by Crippen LogP contribution is -1.94. The highest BCUT2D eigenvalue weighted by atomic mass is 35.5. The van der Waals surface area contributed by atoms with Crippen LogP contribution in [0.3, 0.4) is 0 Å². The molecule has 0 unspecified atom stereocenters. The highest BCUT2D eigenvalue weighted by Gasteiger charge is 2.10. The molecule has 0 aliphatic heterocycles. The van der Waals surface area contributed by atoms with Gasteiger partial charge in [-0.25, -0.2) is 0 Å². The van der Waals surface area contributed by atoms with E-state index in [9.17, 15) is 0 Å². The largest absolute Gasteiger partial charge is 0.330 e. The van der Waals surface area contributed by atoms with E-state index in [1.54, 1.807) is 12.1 Å². The van der Waals surface area contributed by atoms with Crippen LogP contribution >= 0.6 is 47.0 Å². The van der Waals surface area contributed by atoms with Gasteiger partial charge in [0.25, 0.3) is 0 Å². The Hall–Kier alpha value is -1.00. The van der Waals surface area contributed by atoms with Crippen molar-refractivity contribution in [2.24, 2.45) is 0 Å². The molecular weight excluding hydrogens is 335 g/mol. The number of halogens is 3. The zero-order valence-corrected chi connectivity index (χ0v) is 13.5. The Labute approximate surface area is 135 Å². The van der Waals surface area contributed by atoms with Gasteiger partial charge in [-0.05, 0) is 49.0 Å².